The lowest BCUT2D eigenvalue weighted by molar-refractivity contribution is -0.384. The van der Waals surface area contributed by atoms with Gasteiger partial charge in [-0.25, -0.2) is 0 Å². The number of benzene rings is 2. The first-order chi connectivity index (χ1) is 15.7. The first-order valence-electron chi connectivity index (χ1n) is 9.77. The molecule has 0 saturated carbocycles. The van der Waals surface area contributed by atoms with Crippen molar-refractivity contribution < 1.29 is 32.1 Å². The van der Waals surface area contributed by atoms with Crippen LogP contribution < -0.4 is 0 Å². The molecule has 9 nitrogen and oxygen atoms in total. The number of rotatable bonds is 9. The minimum absolute atomic E-state index is 0.00175. The Morgan fingerprint density at radius 1 is 1.18 bits per heavy atom. The Labute approximate surface area is 185 Å². The number of non-ortho nitro benzene ring substituents is 1. The summed E-state index contributed by atoms with van der Waals surface area (Å²) in [6.45, 7) is 1.78. The van der Waals surface area contributed by atoms with E-state index >= 15 is 0 Å². The van der Waals surface area contributed by atoms with Crippen LogP contribution in [0.5, 0.6) is 0 Å². The molecule has 33 heavy (non-hydrogen) atoms. The molecule has 0 amide bonds. The van der Waals surface area contributed by atoms with Gasteiger partial charge in [0.05, 0.1) is 30.2 Å². The number of nitro groups is 1. The van der Waals surface area contributed by atoms with E-state index in [0.29, 0.717) is 11.1 Å². The molecule has 3 aromatic rings. The monoisotopic (exact) mass is 464 g/mol. The lowest BCUT2D eigenvalue weighted by Gasteiger charge is -2.19. The van der Waals surface area contributed by atoms with Gasteiger partial charge in [0.15, 0.2) is 0 Å². The summed E-state index contributed by atoms with van der Waals surface area (Å²) >= 11 is 0. The van der Waals surface area contributed by atoms with E-state index in [2.05, 4.69) is 10.1 Å². The van der Waals surface area contributed by atoms with E-state index in [9.17, 15) is 28.1 Å². The Morgan fingerprint density at radius 3 is 2.55 bits per heavy atom. The molecule has 0 spiro atoms. The average molecular weight is 464 g/mol. The summed E-state index contributed by atoms with van der Waals surface area (Å²) in [5.41, 5.74) is -0.00335. The van der Waals surface area contributed by atoms with Crippen molar-refractivity contribution in [3.63, 3.8) is 0 Å². The van der Waals surface area contributed by atoms with Crippen molar-refractivity contribution in [2.75, 3.05) is 13.2 Å². The van der Waals surface area contributed by atoms with Crippen LogP contribution in [-0.2, 0) is 28.8 Å². The molecule has 174 valence electrons. The SMILES string of the molecule is CCOC(=O)CN(Cc1ccc(C(F)(F)F)cc1)Cc1nc(-c2cccc([N+](=O)[O-])c2)no1. The number of nitro benzene ring substituents is 1. The number of esters is 1. The molecule has 0 N–H and O–H groups in total. The minimum atomic E-state index is -4.45. The molecule has 1 aromatic heterocycles. The topological polar surface area (TPSA) is 112 Å². The lowest BCUT2D eigenvalue weighted by atomic mass is 10.1. The number of hydrogen-bond donors (Lipinski definition) is 0. The Bertz CT molecular complexity index is 1120. The molecule has 3 rings (SSSR count). The van der Waals surface area contributed by atoms with Gasteiger partial charge in [-0.1, -0.05) is 29.4 Å². The van der Waals surface area contributed by atoms with E-state index in [-0.39, 0.29) is 43.6 Å². The second kappa shape index (κ2) is 10.2. The summed E-state index contributed by atoms with van der Waals surface area (Å²) in [6.07, 6.45) is -4.45. The van der Waals surface area contributed by atoms with E-state index < -0.39 is 22.6 Å². The molecule has 12 heteroatoms. The third-order valence-corrected chi connectivity index (χ3v) is 4.49. The van der Waals surface area contributed by atoms with Gasteiger partial charge in [-0.2, -0.15) is 18.2 Å². The van der Waals surface area contributed by atoms with Gasteiger partial charge >= 0.3 is 12.1 Å². The van der Waals surface area contributed by atoms with Crippen LogP contribution in [0.3, 0.4) is 0 Å². The molecule has 0 saturated heterocycles. The summed E-state index contributed by atoms with van der Waals surface area (Å²) in [5.74, 6) is -0.283. The van der Waals surface area contributed by atoms with Gasteiger partial charge in [0.1, 0.15) is 0 Å². The maximum atomic E-state index is 12.8. The predicted molar refractivity (Wildman–Crippen MR) is 109 cm³/mol. The van der Waals surface area contributed by atoms with Crippen molar-refractivity contribution in [3.8, 4) is 11.4 Å². The summed E-state index contributed by atoms with van der Waals surface area (Å²) in [6, 6.07) is 10.3. The third kappa shape index (κ3) is 6.59. The zero-order chi connectivity index (χ0) is 24.0. The van der Waals surface area contributed by atoms with Gasteiger partial charge in [0.25, 0.3) is 5.69 Å². The standard InChI is InChI=1S/C21H19F3N4O5/c1-2-32-19(29)13-27(11-14-6-8-16(9-7-14)21(22,23)24)12-18-25-20(26-33-18)15-4-3-5-17(10-15)28(30)31/h3-10H,2,11-13H2,1H3. The molecule has 0 fully saturated rings. The zero-order valence-electron chi connectivity index (χ0n) is 17.4. The molecule has 0 radical (unpaired) electrons. The van der Waals surface area contributed by atoms with Crippen LogP contribution in [0.4, 0.5) is 18.9 Å². The van der Waals surface area contributed by atoms with Gasteiger partial charge in [0.2, 0.25) is 11.7 Å². The number of alkyl halides is 3. The van der Waals surface area contributed by atoms with Crippen LogP contribution in [0.25, 0.3) is 11.4 Å². The molecule has 0 unspecified atom stereocenters. The smallest absolute Gasteiger partial charge is 0.416 e. The fourth-order valence-corrected chi connectivity index (χ4v) is 3.00. The summed E-state index contributed by atoms with van der Waals surface area (Å²) in [7, 11) is 0. The number of nitrogens with zero attached hydrogens (tertiary/aromatic N) is 4. The Balaban J connectivity index is 1.77. The molecule has 0 atom stereocenters. The maximum Gasteiger partial charge on any atom is 0.416 e. The molecule has 0 aliphatic carbocycles. The van der Waals surface area contributed by atoms with Crippen molar-refractivity contribution in [1.82, 2.24) is 15.0 Å². The van der Waals surface area contributed by atoms with Crippen LogP contribution >= 0.6 is 0 Å². The number of halogens is 3. The number of ether oxygens (including phenoxy) is 1. The molecule has 2 aromatic carbocycles. The van der Waals surface area contributed by atoms with Crippen molar-refractivity contribution in [1.29, 1.82) is 0 Å². The van der Waals surface area contributed by atoms with Gasteiger partial charge in [0, 0.05) is 24.2 Å². The summed E-state index contributed by atoms with van der Waals surface area (Å²) in [4.78, 5) is 28.2. The van der Waals surface area contributed by atoms with E-state index in [0.717, 1.165) is 12.1 Å². The predicted octanol–water partition coefficient (Wildman–Crippen LogP) is 4.23. The molecule has 1 heterocycles. The highest BCUT2D eigenvalue weighted by molar-refractivity contribution is 5.71. The Hall–Kier alpha value is -3.80. The highest BCUT2D eigenvalue weighted by Gasteiger charge is 2.30. The van der Waals surface area contributed by atoms with Gasteiger partial charge in [-0.3, -0.25) is 19.8 Å². The molecule has 0 aliphatic heterocycles. The zero-order valence-corrected chi connectivity index (χ0v) is 17.4. The third-order valence-electron chi connectivity index (χ3n) is 4.49. The second-order valence-electron chi connectivity index (χ2n) is 6.96. The number of hydrogen-bond acceptors (Lipinski definition) is 8. The van der Waals surface area contributed by atoms with Crippen molar-refractivity contribution >= 4 is 11.7 Å². The van der Waals surface area contributed by atoms with Crippen molar-refractivity contribution in [2.45, 2.75) is 26.2 Å². The van der Waals surface area contributed by atoms with E-state index in [1.165, 1.54) is 30.3 Å². The minimum Gasteiger partial charge on any atom is -0.465 e. The molecule has 0 bridgehead atoms. The van der Waals surface area contributed by atoms with Crippen LogP contribution in [0, 0.1) is 10.1 Å². The number of aromatic nitrogens is 2. The highest BCUT2D eigenvalue weighted by Crippen LogP contribution is 2.29. The van der Waals surface area contributed by atoms with Gasteiger partial charge in [-0.15, -0.1) is 0 Å². The van der Waals surface area contributed by atoms with Gasteiger partial charge in [-0.05, 0) is 24.6 Å². The maximum absolute atomic E-state index is 12.8. The fourth-order valence-electron chi connectivity index (χ4n) is 3.00. The average Bonchev–Trinajstić information content (AvgIpc) is 3.22. The normalized spacial score (nSPS) is 11.5. The molecular formula is C21H19F3N4O5. The largest absolute Gasteiger partial charge is 0.465 e. The fraction of sp³-hybridized carbons (Fsp3) is 0.286. The van der Waals surface area contributed by atoms with Crippen molar-refractivity contribution in [3.05, 3.63) is 75.7 Å². The molecular weight excluding hydrogens is 445 g/mol. The second-order valence-corrected chi connectivity index (χ2v) is 6.96. The van der Waals surface area contributed by atoms with Crippen molar-refractivity contribution in [2.24, 2.45) is 0 Å². The highest BCUT2D eigenvalue weighted by atomic mass is 19.4. The Morgan fingerprint density at radius 2 is 1.91 bits per heavy atom. The van der Waals surface area contributed by atoms with E-state index in [1.807, 2.05) is 0 Å². The Kier molecular flexibility index (Phi) is 7.38. The van der Waals surface area contributed by atoms with Crippen LogP contribution in [0.2, 0.25) is 0 Å². The number of carbonyl (C=O) groups excluding carboxylic acids is 1. The first-order valence-corrected chi connectivity index (χ1v) is 9.77. The quantitative estimate of drug-likeness (QED) is 0.263. The molecule has 0 aliphatic rings. The van der Waals surface area contributed by atoms with Crippen LogP contribution in [0.1, 0.15) is 23.9 Å². The summed E-state index contributed by atoms with van der Waals surface area (Å²) in [5, 5.41) is 14.8. The van der Waals surface area contributed by atoms with E-state index in [4.69, 9.17) is 9.26 Å². The van der Waals surface area contributed by atoms with Gasteiger partial charge < -0.3 is 9.26 Å². The first kappa shape index (κ1) is 23.9. The number of carbonyl (C=O) groups is 1. The summed E-state index contributed by atoms with van der Waals surface area (Å²) < 4.78 is 48.6. The van der Waals surface area contributed by atoms with Crippen LogP contribution in [-0.4, -0.2) is 39.1 Å². The lowest BCUT2D eigenvalue weighted by Crippen LogP contribution is -2.30. The van der Waals surface area contributed by atoms with E-state index in [1.54, 1.807) is 17.9 Å². The van der Waals surface area contributed by atoms with Crippen LogP contribution in [0.15, 0.2) is 53.1 Å².